The molecule has 2 aromatic rings. The van der Waals surface area contributed by atoms with Crippen LogP contribution in [0.2, 0.25) is 0 Å². The van der Waals surface area contributed by atoms with Gasteiger partial charge in [0.05, 0.1) is 4.92 Å². The molecular formula is C15H20N4O2. The topological polar surface area (TPSA) is 71.3 Å². The maximum atomic E-state index is 11.0. The van der Waals surface area contributed by atoms with E-state index in [4.69, 9.17) is 0 Å². The molecule has 0 spiro atoms. The third kappa shape index (κ3) is 3.46. The van der Waals surface area contributed by atoms with Crippen LogP contribution < -0.4 is 5.32 Å². The van der Waals surface area contributed by atoms with Gasteiger partial charge in [-0.2, -0.15) is 0 Å². The van der Waals surface area contributed by atoms with E-state index in [2.05, 4.69) is 29.0 Å². The van der Waals surface area contributed by atoms with E-state index in [0.717, 1.165) is 37.3 Å². The minimum absolute atomic E-state index is 0.0416. The van der Waals surface area contributed by atoms with Gasteiger partial charge in [0.25, 0.3) is 5.69 Å². The molecule has 0 radical (unpaired) electrons. The van der Waals surface area contributed by atoms with E-state index in [1.54, 1.807) is 12.3 Å². The first-order valence-corrected chi connectivity index (χ1v) is 7.15. The molecule has 6 nitrogen and oxygen atoms in total. The highest BCUT2D eigenvalue weighted by Gasteiger charge is 2.14. The number of anilines is 1. The quantitative estimate of drug-likeness (QED) is 0.626. The lowest BCUT2D eigenvalue weighted by Gasteiger charge is -2.18. The van der Waals surface area contributed by atoms with Crippen LogP contribution in [0.5, 0.6) is 0 Å². The van der Waals surface area contributed by atoms with E-state index >= 15 is 0 Å². The van der Waals surface area contributed by atoms with Gasteiger partial charge in [-0.3, -0.25) is 10.1 Å². The number of para-hydroxylation sites is 1. The van der Waals surface area contributed by atoms with Gasteiger partial charge < -0.3 is 10.2 Å². The molecule has 112 valence electrons. The van der Waals surface area contributed by atoms with Gasteiger partial charge in [-0.25, -0.2) is 4.98 Å². The molecule has 2 rings (SSSR count). The number of benzene rings is 1. The lowest BCUT2D eigenvalue weighted by Crippen LogP contribution is -2.28. The first-order valence-electron chi connectivity index (χ1n) is 7.15. The van der Waals surface area contributed by atoms with E-state index in [-0.39, 0.29) is 5.69 Å². The molecule has 0 aliphatic carbocycles. The summed E-state index contributed by atoms with van der Waals surface area (Å²) in [7, 11) is 0. The Morgan fingerprint density at radius 2 is 2.05 bits per heavy atom. The lowest BCUT2D eigenvalue weighted by molar-refractivity contribution is -0.383. The number of likely N-dealkylation sites (N-methyl/N-ethyl adjacent to an activating group) is 1. The van der Waals surface area contributed by atoms with Gasteiger partial charge >= 0.3 is 0 Å². The fourth-order valence-electron chi connectivity index (χ4n) is 2.35. The van der Waals surface area contributed by atoms with Gasteiger partial charge in [0.2, 0.25) is 0 Å². The number of nitro groups is 1. The summed E-state index contributed by atoms with van der Waals surface area (Å²) in [5, 5.41) is 15.2. The molecule has 0 atom stereocenters. The Balaban J connectivity index is 2.21. The van der Waals surface area contributed by atoms with Crippen molar-refractivity contribution in [1.82, 2.24) is 9.88 Å². The normalized spacial score (nSPS) is 11.0. The SMILES string of the molecule is CCN(CC)CCNc1ccnc2c([N+](=O)[O-])cccc12. The number of pyridine rings is 1. The fraction of sp³-hybridized carbons (Fsp3) is 0.400. The second-order valence-electron chi connectivity index (χ2n) is 4.74. The molecule has 0 aliphatic heterocycles. The Kier molecular flexibility index (Phi) is 5.05. The van der Waals surface area contributed by atoms with Crippen molar-refractivity contribution in [1.29, 1.82) is 0 Å². The minimum Gasteiger partial charge on any atom is -0.383 e. The molecule has 1 heterocycles. The van der Waals surface area contributed by atoms with Crippen molar-refractivity contribution in [3.05, 3.63) is 40.6 Å². The molecule has 1 N–H and O–H groups in total. The predicted octanol–water partition coefficient (Wildman–Crippen LogP) is 2.90. The number of nitro benzene ring substituents is 1. The zero-order valence-electron chi connectivity index (χ0n) is 12.4. The van der Waals surface area contributed by atoms with Crippen molar-refractivity contribution in [2.75, 3.05) is 31.5 Å². The molecule has 0 unspecified atom stereocenters. The summed E-state index contributed by atoms with van der Waals surface area (Å²) in [6, 6.07) is 6.89. The van der Waals surface area contributed by atoms with Gasteiger partial charge in [-0.1, -0.05) is 26.0 Å². The maximum Gasteiger partial charge on any atom is 0.295 e. The Bertz CT molecular complexity index is 626. The molecule has 1 aromatic heterocycles. The van der Waals surface area contributed by atoms with E-state index in [0.29, 0.717) is 5.52 Å². The first kappa shape index (κ1) is 15.2. The summed E-state index contributed by atoms with van der Waals surface area (Å²) in [6.07, 6.45) is 1.61. The van der Waals surface area contributed by atoms with Crippen LogP contribution in [0.3, 0.4) is 0 Å². The number of rotatable bonds is 7. The van der Waals surface area contributed by atoms with Crippen LogP contribution in [0.4, 0.5) is 11.4 Å². The van der Waals surface area contributed by atoms with Gasteiger partial charge in [-0.05, 0) is 19.2 Å². The van der Waals surface area contributed by atoms with Crippen LogP contribution in [-0.2, 0) is 0 Å². The molecule has 1 aromatic carbocycles. The molecule has 0 aliphatic rings. The van der Waals surface area contributed by atoms with Crippen LogP contribution in [0.15, 0.2) is 30.5 Å². The van der Waals surface area contributed by atoms with E-state index in [1.165, 1.54) is 6.07 Å². The first-order chi connectivity index (χ1) is 10.2. The Morgan fingerprint density at radius 1 is 1.29 bits per heavy atom. The summed E-state index contributed by atoms with van der Waals surface area (Å²) in [6.45, 7) is 8.03. The summed E-state index contributed by atoms with van der Waals surface area (Å²) < 4.78 is 0. The van der Waals surface area contributed by atoms with Crippen molar-refractivity contribution in [3.63, 3.8) is 0 Å². The Hall–Kier alpha value is -2.21. The molecule has 0 fully saturated rings. The average molecular weight is 288 g/mol. The van der Waals surface area contributed by atoms with Crippen molar-refractivity contribution >= 4 is 22.3 Å². The van der Waals surface area contributed by atoms with Gasteiger partial charge in [-0.15, -0.1) is 0 Å². The Morgan fingerprint density at radius 3 is 2.71 bits per heavy atom. The number of non-ortho nitro benzene ring substituents is 1. The van der Waals surface area contributed by atoms with Gasteiger partial charge in [0.1, 0.15) is 5.52 Å². The number of aromatic nitrogens is 1. The van der Waals surface area contributed by atoms with E-state index in [1.807, 2.05) is 12.1 Å². The minimum atomic E-state index is -0.394. The number of hydrogen-bond acceptors (Lipinski definition) is 5. The Labute approximate surface area is 123 Å². The highest BCUT2D eigenvalue weighted by molar-refractivity contribution is 5.96. The monoisotopic (exact) mass is 288 g/mol. The third-order valence-corrected chi connectivity index (χ3v) is 3.58. The van der Waals surface area contributed by atoms with Crippen molar-refractivity contribution in [2.45, 2.75) is 13.8 Å². The third-order valence-electron chi connectivity index (χ3n) is 3.58. The summed E-state index contributed by atoms with van der Waals surface area (Å²) in [5.74, 6) is 0. The predicted molar refractivity (Wildman–Crippen MR) is 84.7 cm³/mol. The summed E-state index contributed by atoms with van der Waals surface area (Å²) in [5.41, 5.74) is 1.35. The average Bonchev–Trinajstić information content (AvgIpc) is 2.51. The highest BCUT2D eigenvalue weighted by atomic mass is 16.6. The smallest absolute Gasteiger partial charge is 0.295 e. The molecule has 0 saturated carbocycles. The van der Waals surface area contributed by atoms with Crippen molar-refractivity contribution in [3.8, 4) is 0 Å². The van der Waals surface area contributed by atoms with E-state index < -0.39 is 4.92 Å². The van der Waals surface area contributed by atoms with Crippen LogP contribution in [-0.4, -0.2) is 41.0 Å². The molecule has 21 heavy (non-hydrogen) atoms. The highest BCUT2D eigenvalue weighted by Crippen LogP contribution is 2.28. The van der Waals surface area contributed by atoms with Crippen molar-refractivity contribution in [2.24, 2.45) is 0 Å². The summed E-state index contributed by atoms with van der Waals surface area (Å²) >= 11 is 0. The molecule has 6 heteroatoms. The zero-order valence-corrected chi connectivity index (χ0v) is 12.4. The van der Waals surface area contributed by atoms with Gasteiger partial charge in [0, 0.05) is 36.4 Å². The van der Waals surface area contributed by atoms with Crippen molar-refractivity contribution < 1.29 is 4.92 Å². The van der Waals surface area contributed by atoms with Crippen LogP contribution in [0, 0.1) is 10.1 Å². The molecule has 0 amide bonds. The number of fused-ring (bicyclic) bond motifs is 1. The summed E-state index contributed by atoms with van der Waals surface area (Å²) in [4.78, 5) is 17.1. The standard InChI is InChI=1S/C15H20N4O2/c1-3-18(4-2)11-10-16-13-8-9-17-15-12(13)6-5-7-14(15)19(20)21/h5-9H,3-4,10-11H2,1-2H3,(H,16,17). The van der Waals surface area contributed by atoms with Crippen LogP contribution >= 0.6 is 0 Å². The number of hydrogen-bond donors (Lipinski definition) is 1. The maximum absolute atomic E-state index is 11.0. The fourth-order valence-corrected chi connectivity index (χ4v) is 2.35. The van der Waals surface area contributed by atoms with Gasteiger partial charge in [0.15, 0.2) is 0 Å². The largest absolute Gasteiger partial charge is 0.383 e. The number of nitrogens with zero attached hydrogens (tertiary/aromatic N) is 3. The molecule has 0 bridgehead atoms. The lowest BCUT2D eigenvalue weighted by atomic mass is 10.1. The number of nitrogens with one attached hydrogen (secondary N) is 1. The van der Waals surface area contributed by atoms with Crippen LogP contribution in [0.25, 0.3) is 10.9 Å². The zero-order chi connectivity index (χ0) is 15.2. The second kappa shape index (κ2) is 6.99. The second-order valence-corrected chi connectivity index (χ2v) is 4.74. The van der Waals surface area contributed by atoms with Crippen LogP contribution in [0.1, 0.15) is 13.8 Å². The molecular weight excluding hydrogens is 268 g/mol. The molecule has 0 saturated heterocycles. The van der Waals surface area contributed by atoms with E-state index in [9.17, 15) is 10.1 Å².